The maximum absolute atomic E-state index is 12.2. The summed E-state index contributed by atoms with van der Waals surface area (Å²) >= 11 is 13.7. The van der Waals surface area contributed by atoms with Crippen molar-refractivity contribution in [3.05, 3.63) is 58.1 Å². The molecule has 0 spiro atoms. The number of nitrogens with zero attached hydrogens (tertiary/aromatic N) is 1. The van der Waals surface area contributed by atoms with Gasteiger partial charge in [0.1, 0.15) is 5.75 Å². The van der Waals surface area contributed by atoms with Crippen molar-refractivity contribution in [2.45, 2.75) is 24.3 Å². The smallest absolute Gasteiger partial charge is 0.222 e. The number of benzene rings is 2. The van der Waals surface area contributed by atoms with Crippen molar-refractivity contribution in [2.24, 2.45) is 0 Å². The Bertz CT molecular complexity index is 692. The number of rotatable bonds is 7. The summed E-state index contributed by atoms with van der Waals surface area (Å²) in [4.78, 5) is 15.0. The van der Waals surface area contributed by atoms with Crippen LogP contribution in [0.4, 0.5) is 0 Å². The second-order valence-corrected chi connectivity index (χ2v) is 7.44. The second-order valence-electron chi connectivity index (χ2n) is 5.43. The molecule has 3 nitrogen and oxygen atoms in total. The average molecular weight is 384 g/mol. The summed E-state index contributed by atoms with van der Waals surface area (Å²) in [7, 11) is 1.78. The van der Waals surface area contributed by atoms with E-state index >= 15 is 0 Å². The zero-order chi connectivity index (χ0) is 17.5. The molecule has 24 heavy (non-hydrogen) atoms. The lowest BCUT2D eigenvalue weighted by molar-refractivity contribution is -0.130. The number of amides is 1. The number of hydrogen-bond acceptors (Lipinski definition) is 3. The highest BCUT2D eigenvalue weighted by Crippen LogP contribution is 2.23. The molecule has 0 aromatic heterocycles. The molecule has 0 heterocycles. The summed E-state index contributed by atoms with van der Waals surface area (Å²) < 4.78 is 0. The molecule has 1 amide bonds. The van der Waals surface area contributed by atoms with Gasteiger partial charge in [-0.2, -0.15) is 0 Å². The Morgan fingerprint density at radius 2 is 1.88 bits per heavy atom. The summed E-state index contributed by atoms with van der Waals surface area (Å²) in [6, 6.07) is 12.4. The molecule has 0 atom stereocenters. The van der Waals surface area contributed by atoms with Crippen molar-refractivity contribution in [2.75, 3.05) is 12.8 Å². The molecule has 1 N–H and O–H groups in total. The molecule has 0 bridgehead atoms. The van der Waals surface area contributed by atoms with Gasteiger partial charge in [-0.3, -0.25) is 4.79 Å². The van der Waals surface area contributed by atoms with E-state index in [1.807, 2.05) is 18.2 Å². The van der Waals surface area contributed by atoms with Crippen LogP contribution in [0.25, 0.3) is 0 Å². The van der Waals surface area contributed by atoms with Crippen LogP contribution in [-0.2, 0) is 11.3 Å². The number of thioether (sulfide) groups is 1. The number of carbonyl (C=O) groups is 1. The van der Waals surface area contributed by atoms with Gasteiger partial charge >= 0.3 is 0 Å². The molecular weight excluding hydrogens is 365 g/mol. The van der Waals surface area contributed by atoms with Crippen LogP contribution in [-0.4, -0.2) is 28.7 Å². The van der Waals surface area contributed by atoms with Crippen LogP contribution in [0.1, 0.15) is 18.4 Å². The first-order valence-corrected chi connectivity index (χ1v) is 9.29. The van der Waals surface area contributed by atoms with Crippen molar-refractivity contribution in [1.82, 2.24) is 4.90 Å². The van der Waals surface area contributed by atoms with Gasteiger partial charge in [0.05, 0.1) is 0 Å². The number of phenols is 1. The predicted octanol–water partition coefficient (Wildman–Crippen LogP) is 5.23. The van der Waals surface area contributed by atoms with E-state index in [-0.39, 0.29) is 11.7 Å². The largest absolute Gasteiger partial charge is 0.508 e. The molecule has 2 aromatic rings. The lowest BCUT2D eigenvalue weighted by Crippen LogP contribution is -2.26. The number of halogens is 2. The molecule has 0 aliphatic heterocycles. The number of hydrogen-bond donors (Lipinski definition) is 1. The molecule has 6 heteroatoms. The zero-order valence-electron chi connectivity index (χ0n) is 13.3. The minimum Gasteiger partial charge on any atom is -0.508 e. The molecule has 2 aromatic carbocycles. The first-order chi connectivity index (χ1) is 11.5. The molecule has 0 saturated heterocycles. The Morgan fingerprint density at radius 1 is 1.17 bits per heavy atom. The van der Waals surface area contributed by atoms with Gasteiger partial charge in [-0.1, -0.05) is 29.3 Å². The van der Waals surface area contributed by atoms with Crippen LogP contribution >= 0.6 is 35.0 Å². The van der Waals surface area contributed by atoms with Gasteiger partial charge in [0.2, 0.25) is 5.91 Å². The van der Waals surface area contributed by atoms with E-state index < -0.39 is 0 Å². The maximum atomic E-state index is 12.2. The summed E-state index contributed by atoms with van der Waals surface area (Å²) in [5.41, 5.74) is 0.885. The van der Waals surface area contributed by atoms with E-state index in [0.717, 1.165) is 22.6 Å². The van der Waals surface area contributed by atoms with Gasteiger partial charge in [-0.15, -0.1) is 11.8 Å². The number of carbonyl (C=O) groups excluding carboxylic acids is 1. The number of phenolic OH excluding ortho intramolecular Hbond substituents is 1. The Kier molecular flexibility index (Phi) is 7.28. The highest BCUT2D eigenvalue weighted by Gasteiger charge is 2.11. The van der Waals surface area contributed by atoms with Gasteiger partial charge in [0.25, 0.3) is 0 Å². The molecule has 0 aliphatic carbocycles. The van der Waals surface area contributed by atoms with Crippen LogP contribution in [0, 0.1) is 0 Å². The fourth-order valence-electron chi connectivity index (χ4n) is 2.14. The van der Waals surface area contributed by atoms with Crippen molar-refractivity contribution < 1.29 is 9.90 Å². The molecule has 2 rings (SSSR count). The van der Waals surface area contributed by atoms with Crippen molar-refractivity contribution in [1.29, 1.82) is 0 Å². The quantitative estimate of drug-likeness (QED) is 0.525. The van der Waals surface area contributed by atoms with Gasteiger partial charge in [0.15, 0.2) is 0 Å². The van der Waals surface area contributed by atoms with E-state index in [2.05, 4.69) is 0 Å². The Labute approximate surface area is 156 Å². The topological polar surface area (TPSA) is 40.5 Å². The Balaban J connectivity index is 1.74. The third-order valence-electron chi connectivity index (χ3n) is 3.49. The minimum atomic E-state index is 0.0901. The first-order valence-electron chi connectivity index (χ1n) is 7.55. The molecular formula is C18H19Cl2NO2S. The summed E-state index contributed by atoms with van der Waals surface area (Å²) in [6.45, 7) is 0.472. The van der Waals surface area contributed by atoms with E-state index in [4.69, 9.17) is 23.2 Å². The lowest BCUT2D eigenvalue weighted by atomic mass is 10.2. The lowest BCUT2D eigenvalue weighted by Gasteiger charge is -2.18. The van der Waals surface area contributed by atoms with Crippen LogP contribution in [0.3, 0.4) is 0 Å². The molecule has 0 unspecified atom stereocenters. The third kappa shape index (κ3) is 5.93. The van der Waals surface area contributed by atoms with Crippen LogP contribution in [0.5, 0.6) is 5.75 Å². The van der Waals surface area contributed by atoms with Gasteiger partial charge in [0, 0.05) is 35.0 Å². The van der Waals surface area contributed by atoms with E-state index in [1.54, 1.807) is 48.0 Å². The normalized spacial score (nSPS) is 10.6. The van der Waals surface area contributed by atoms with Crippen LogP contribution in [0.15, 0.2) is 47.4 Å². The van der Waals surface area contributed by atoms with E-state index in [0.29, 0.717) is 23.0 Å². The fourth-order valence-corrected chi connectivity index (χ4v) is 3.46. The third-order valence-corrected chi connectivity index (χ3v) is 5.17. The summed E-state index contributed by atoms with van der Waals surface area (Å²) in [5, 5.41) is 10.4. The first kappa shape index (κ1) is 19.0. The Morgan fingerprint density at radius 3 is 2.54 bits per heavy atom. The van der Waals surface area contributed by atoms with Gasteiger partial charge in [-0.25, -0.2) is 0 Å². The Hall–Kier alpha value is -1.36. The van der Waals surface area contributed by atoms with Crippen LogP contribution < -0.4 is 0 Å². The fraction of sp³-hybridized carbons (Fsp3) is 0.278. The predicted molar refractivity (Wildman–Crippen MR) is 101 cm³/mol. The van der Waals surface area contributed by atoms with Gasteiger partial charge in [-0.05, 0) is 54.1 Å². The highest BCUT2D eigenvalue weighted by atomic mass is 35.5. The van der Waals surface area contributed by atoms with Gasteiger partial charge < -0.3 is 10.0 Å². The maximum Gasteiger partial charge on any atom is 0.222 e. The van der Waals surface area contributed by atoms with Crippen LogP contribution in [0.2, 0.25) is 10.0 Å². The highest BCUT2D eigenvalue weighted by molar-refractivity contribution is 7.99. The SMILES string of the molecule is CN(Cc1ccc(Cl)cc1Cl)C(=O)CCCSc1ccc(O)cc1. The monoisotopic (exact) mass is 383 g/mol. The van der Waals surface area contributed by atoms with Crippen molar-refractivity contribution in [3.8, 4) is 5.75 Å². The molecule has 0 fully saturated rings. The summed E-state index contributed by atoms with van der Waals surface area (Å²) in [6.07, 6.45) is 1.29. The van der Waals surface area contributed by atoms with Crippen molar-refractivity contribution in [3.63, 3.8) is 0 Å². The average Bonchev–Trinajstić information content (AvgIpc) is 2.55. The molecule has 0 radical (unpaired) electrons. The zero-order valence-corrected chi connectivity index (χ0v) is 15.7. The summed E-state index contributed by atoms with van der Waals surface area (Å²) in [5.74, 6) is 1.20. The van der Waals surface area contributed by atoms with Crippen molar-refractivity contribution >= 4 is 40.9 Å². The molecule has 0 aliphatic rings. The van der Waals surface area contributed by atoms with E-state index in [1.165, 1.54) is 0 Å². The molecule has 0 saturated carbocycles. The van der Waals surface area contributed by atoms with E-state index in [9.17, 15) is 9.90 Å². The second kappa shape index (κ2) is 9.21. The minimum absolute atomic E-state index is 0.0901. The standard InChI is InChI=1S/C18H19Cl2NO2S/c1-21(12-13-4-5-14(19)11-17(13)20)18(23)3-2-10-24-16-8-6-15(22)7-9-16/h4-9,11,22H,2-3,10,12H2,1H3. The number of aromatic hydroxyl groups is 1. The molecule has 128 valence electrons.